The maximum atomic E-state index is 8.58. The fourth-order valence-corrected chi connectivity index (χ4v) is 1.21. The second kappa shape index (κ2) is 4.22. The molecule has 0 aliphatic heterocycles. The van der Waals surface area contributed by atoms with E-state index in [9.17, 15) is 0 Å². The fourth-order valence-electron chi connectivity index (χ4n) is 0.941. The monoisotopic (exact) mass is 236 g/mol. The maximum Gasteiger partial charge on any atom is 0.0961 e. The first-order valence-electron chi connectivity index (χ1n) is 3.75. The minimum atomic E-state index is -0.391. The summed E-state index contributed by atoms with van der Waals surface area (Å²) in [5, 5.41) is 8.58. The molecule has 1 rings (SSSR count). The summed E-state index contributed by atoms with van der Waals surface area (Å²) in [6.45, 7) is 3.57. The number of hydrogen-bond donors (Lipinski definition) is 1. The number of nitrogens with zero attached hydrogens (tertiary/aromatic N) is 1. The van der Waals surface area contributed by atoms with Crippen LogP contribution in [0.3, 0.4) is 0 Å². The van der Waals surface area contributed by atoms with E-state index in [4.69, 9.17) is 11.0 Å². The van der Waals surface area contributed by atoms with Crippen LogP contribution in [0.1, 0.15) is 11.6 Å². The lowest BCUT2D eigenvalue weighted by Crippen LogP contribution is -2.11. The summed E-state index contributed by atoms with van der Waals surface area (Å²) in [7, 11) is 0. The maximum absolute atomic E-state index is 8.58. The van der Waals surface area contributed by atoms with Gasteiger partial charge < -0.3 is 5.73 Å². The van der Waals surface area contributed by atoms with Gasteiger partial charge in [-0.15, -0.1) is 0 Å². The van der Waals surface area contributed by atoms with Crippen LogP contribution in [0.2, 0.25) is 0 Å². The molecule has 3 heteroatoms. The SMILES string of the molecule is C=C(C#N)C(N)c1ccc(Br)cc1. The van der Waals surface area contributed by atoms with Gasteiger partial charge in [0.05, 0.1) is 12.1 Å². The third kappa shape index (κ3) is 2.41. The zero-order valence-electron chi connectivity index (χ0n) is 7.00. The first-order valence-corrected chi connectivity index (χ1v) is 4.54. The van der Waals surface area contributed by atoms with Gasteiger partial charge >= 0.3 is 0 Å². The molecule has 1 aromatic carbocycles. The average molecular weight is 237 g/mol. The van der Waals surface area contributed by atoms with Crippen molar-refractivity contribution in [2.24, 2.45) is 5.73 Å². The Morgan fingerprint density at radius 1 is 1.46 bits per heavy atom. The summed E-state index contributed by atoms with van der Waals surface area (Å²) in [5.74, 6) is 0. The van der Waals surface area contributed by atoms with Crippen LogP contribution in [0, 0.1) is 11.3 Å². The smallest absolute Gasteiger partial charge is 0.0961 e. The third-order valence-corrected chi connectivity index (χ3v) is 2.28. The predicted molar refractivity (Wildman–Crippen MR) is 55.8 cm³/mol. The second-order valence-electron chi connectivity index (χ2n) is 2.67. The van der Waals surface area contributed by atoms with Crippen LogP contribution in [0.25, 0.3) is 0 Å². The molecule has 1 aromatic rings. The summed E-state index contributed by atoms with van der Waals surface area (Å²) in [6.07, 6.45) is 0. The van der Waals surface area contributed by atoms with Crippen molar-refractivity contribution in [3.8, 4) is 6.07 Å². The quantitative estimate of drug-likeness (QED) is 0.803. The van der Waals surface area contributed by atoms with Gasteiger partial charge in [0.2, 0.25) is 0 Å². The molecule has 2 nitrogen and oxygen atoms in total. The highest BCUT2D eigenvalue weighted by atomic mass is 79.9. The van der Waals surface area contributed by atoms with E-state index in [-0.39, 0.29) is 0 Å². The van der Waals surface area contributed by atoms with Crippen molar-refractivity contribution in [3.05, 3.63) is 46.5 Å². The largest absolute Gasteiger partial charge is 0.320 e. The van der Waals surface area contributed by atoms with Crippen LogP contribution in [0.4, 0.5) is 0 Å². The van der Waals surface area contributed by atoms with Crippen molar-refractivity contribution in [2.75, 3.05) is 0 Å². The minimum Gasteiger partial charge on any atom is -0.320 e. The van der Waals surface area contributed by atoms with Crippen molar-refractivity contribution < 1.29 is 0 Å². The molecule has 0 saturated heterocycles. The van der Waals surface area contributed by atoms with Crippen molar-refractivity contribution in [2.45, 2.75) is 6.04 Å². The van der Waals surface area contributed by atoms with Gasteiger partial charge in [0.15, 0.2) is 0 Å². The number of halogens is 1. The first kappa shape index (κ1) is 9.97. The molecule has 2 N–H and O–H groups in total. The van der Waals surface area contributed by atoms with Crippen LogP contribution in [0.15, 0.2) is 40.9 Å². The highest BCUT2D eigenvalue weighted by Gasteiger charge is 2.08. The molecule has 0 spiro atoms. The highest BCUT2D eigenvalue weighted by Crippen LogP contribution is 2.19. The van der Waals surface area contributed by atoms with Gasteiger partial charge in [0.1, 0.15) is 0 Å². The van der Waals surface area contributed by atoms with E-state index in [1.165, 1.54) is 0 Å². The first-order chi connectivity index (χ1) is 6.15. The van der Waals surface area contributed by atoms with Gasteiger partial charge in [-0.25, -0.2) is 0 Å². The second-order valence-corrected chi connectivity index (χ2v) is 3.58. The molecule has 0 aromatic heterocycles. The van der Waals surface area contributed by atoms with E-state index >= 15 is 0 Å². The number of hydrogen-bond acceptors (Lipinski definition) is 2. The molecule has 13 heavy (non-hydrogen) atoms. The molecule has 0 bridgehead atoms. The van der Waals surface area contributed by atoms with Crippen molar-refractivity contribution in [3.63, 3.8) is 0 Å². The number of nitrogens with two attached hydrogens (primary N) is 1. The molecule has 0 fully saturated rings. The minimum absolute atomic E-state index is 0.377. The van der Waals surface area contributed by atoms with Gasteiger partial charge in [-0.3, -0.25) is 0 Å². The van der Waals surface area contributed by atoms with E-state index in [1.54, 1.807) is 0 Å². The zero-order valence-corrected chi connectivity index (χ0v) is 8.58. The standard InChI is InChI=1S/C10H9BrN2/c1-7(6-12)10(13)8-2-4-9(11)5-3-8/h2-5,10H,1,13H2. The van der Waals surface area contributed by atoms with Crippen molar-refractivity contribution >= 4 is 15.9 Å². The van der Waals surface area contributed by atoms with Crippen LogP contribution in [-0.4, -0.2) is 0 Å². The Hall–Kier alpha value is -1.11. The average Bonchev–Trinajstić information content (AvgIpc) is 2.17. The predicted octanol–water partition coefficient (Wildman–Crippen LogP) is 2.53. The molecular formula is C10H9BrN2. The Bertz CT molecular complexity index is 348. The molecule has 66 valence electrons. The Kier molecular flexibility index (Phi) is 3.24. The molecule has 0 saturated carbocycles. The lowest BCUT2D eigenvalue weighted by atomic mass is 10.0. The van der Waals surface area contributed by atoms with E-state index in [1.807, 2.05) is 30.3 Å². The third-order valence-electron chi connectivity index (χ3n) is 1.75. The molecule has 1 atom stereocenters. The van der Waals surface area contributed by atoms with Gasteiger partial charge in [-0.05, 0) is 17.7 Å². The Balaban J connectivity index is 2.91. The normalized spacial score (nSPS) is 11.8. The van der Waals surface area contributed by atoms with Crippen LogP contribution in [-0.2, 0) is 0 Å². The van der Waals surface area contributed by atoms with Crippen LogP contribution < -0.4 is 5.73 Å². The highest BCUT2D eigenvalue weighted by molar-refractivity contribution is 9.10. The lowest BCUT2D eigenvalue weighted by molar-refractivity contribution is 0.877. The zero-order chi connectivity index (χ0) is 9.84. The van der Waals surface area contributed by atoms with Crippen molar-refractivity contribution in [1.29, 1.82) is 5.26 Å². The van der Waals surface area contributed by atoms with Gasteiger partial charge in [-0.2, -0.15) is 5.26 Å². The number of benzene rings is 1. The number of rotatable bonds is 2. The van der Waals surface area contributed by atoms with Gasteiger partial charge in [0, 0.05) is 10.0 Å². The van der Waals surface area contributed by atoms with Gasteiger partial charge in [0.25, 0.3) is 0 Å². The summed E-state index contributed by atoms with van der Waals surface area (Å²) in [5.41, 5.74) is 7.04. The Morgan fingerprint density at radius 2 is 2.00 bits per heavy atom. The Morgan fingerprint density at radius 3 is 2.46 bits per heavy atom. The van der Waals surface area contributed by atoms with E-state index in [0.29, 0.717) is 5.57 Å². The van der Waals surface area contributed by atoms with Crippen LogP contribution >= 0.6 is 15.9 Å². The molecule has 0 aliphatic rings. The fraction of sp³-hybridized carbons (Fsp3) is 0.100. The Labute approximate surface area is 85.8 Å². The molecule has 0 aliphatic carbocycles. The molecule has 0 radical (unpaired) electrons. The topological polar surface area (TPSA) is 49.8 Å². The summed E-state index contributed by atoms with van der Waals surface area (Å²) in [6, 6.07) is 9.08. The van der Waals surface area contributed by atoms with E-state index in [0.717, 1.165) is 10.0 Å². The number of nitriles is 1. The summed E-state index contributed by atoms with van der Waals surface area (Å²) < 4.78 is 0.992. The van der Waals surface area contributed by atoms with E-state index < -0.39 is 6.04 Å². The van der Waals surface area contributed by atoms with Crippen LogP contribution in [0.5, 0.6) is 0 Å². The summed E-state index contributed by atoms with van der Waals surface area (Å²) in [4.78, 5) is 0. The van der Waals surface area contributed by atoms with Gasteiger partial charge in [-0.1, -0.05) is 34.6 Å². The molecule has 1 unspecified atom stereocenters. The molecular weight excluding hydrogens is 228 g/mol. The molecule has 0 amide bonds. The molecule has 0 heterocycles. The summed E-state index contributed by atoms with van der Waals surface area (Å²) >= 11 is 3.32. The van der Waals surface area contributed by atoms with Crippen molar-refractivity contribution in [1.82, 2.24) is 0 Å². The van der Waals surface area contributed by atoms with E-state index in [2.05, 4.69) is 22.5 Å². The lowest BCUT2D eigenvalue weighted by Gasteiger charge is -2.09.